The minimum Gasteiger partial charge on any atom is -0.493 e. The molecule has 0 saturated carbocycles. The average Bonchev–Trinajstić information content (AvgIpc) is 2.75. The lowest BCUT2D eigenvalue weighted by Crippen LogP contribution is -2.43. The van der Waals surface area contributed by atoms with Crippen LogP contribution in [0.1, 0.15) is 12.8 Å². The number of piperidine rings is 1. The normalized spacial score (nSPS) is 17.4. The van der Waals surface area contributed by atoms with Gasteiger partial charge in [0.25, 0.3) is 0 Å². The fourth-order valence-corrected chi connectivity index (χ4v) is 4.87. The van der Waals surface area contributed by atoms with Crippen molar-refractivity contribution in [2.45, 2.75) is 17.7 Å². The van der Waals surface area contributed by atoms with Crippen LogP contribution in [-0.4, -0.2) is 45.9 Å². The summed E-state index contributed by atoms with van der Waals surface area (Å²) in [6, 6.07) is 7.11. The predicted molar refractivity (Wildman–Crippen MR) is 106 cm³/mol. The van der Waals surface area contributed by atoms with Gasteiger partial charge in [0.05, 0.1) is 30.7 Å². The Morgan fingerprint density at radius 1 is 1.10 bits per heavy atom. The quantitative estimate of drug-likeness (QED) is 0.747. The molecule has 3 rings (SSSR count). The summed E-state index contributed by atoms with van der Waals surface area (Å²) in [4.78, 5) is 12.6. The van der Waals surface area contributed by atoms with Crippen molar-refractivity contribution in [2.24, 2.45) is 5.92 Å². The number of anilines is 1. The standard InChI is InChI=1S/C20H22F2N2O5S/c1-28-18-8-6-15(11-19(18)29-2)30(26,27)24-9-3-4-13(12-24)20(25)23-17-7-5-14(21)10-16(17)22/h5-8,10-11,13H,3-4,9,12H2,1-2H3,(H,23,25)/t13-/m1/s1. The topological polar surface area (TPSA) is 84.9 Å². The molecule has 7 nitrogen and oxygen atoms in total. The number of amides is 1. The summed E-state index contributed by atoms with van der Waals surface area (Å²) in [5.41, 5.74) is -0.152. The van der Waals surface area contributed by atoms with Crippen LogP contribution >= 0.6 is 0 Å². The highest BCUT2D eigenvalue weighted by Crippen LogP contribution is 2.32. The SMILES string of the molecule is COc1ccc(S(=O)(=O)N2CCC[C@@H](C(=O)Nc3ccc(F)cc3F)C2)cc1OC. The van der Waals surface area contributed by atoms with Crippen molar-refractivity contribution in [3.05, 3.63) is 48.0 Å². The molecule has 0 unspecified atom stereocenters. The first kappa shape index (κ1) is 22.0. The van der Waals surface area contributed by atoms with E-state index in [1.165, 1.54) is 36.7 Å². The van der Waals surface area contributed by atoms with E-state index in [9.17, 15) is 22.0 Å². The molecule has 1 amide bonds. The lowest BCUT2D eigenvalue weighted by molar-refractivity contribution is -0.120. The molecule has 1 saturated heterocycles. The van der Waals surface area contributed by atoms with Crippen molar-refractivity contribution in [1.82, 2.24) is 4.31 Å². The zero-order valence-electron chi connectivity index (χ0n) is 16.5. The molecule has 1 heterocycles. The molecule has 2 aromatic rings. The van der Waals surface area contributed by atoms with E-state index in [1.54, 1.807) is 0 Å². The van der Waals surface area contributed by atoms with Crippen molar-refractivity contribution in [3.63, 3.8) is 0 Å². The minimum atomic E-state index is -3.88. The summed E-state index contributed by atoms with van der Waals surface area (Å²) in [6.07, 6.45) is 0.920. The number of benzene rings is 2. The summed E-state index contributed by atoms with van der Waals surface area (Å²) in [6.45, 7) is 0.205. The number of halogens is 2. The van der Waals surface area contributed by atoms with Crippen molar-refractivity contribution in [3.8, 4) is 11.5 Å². The van der Waals surface area contributed by atoms with Gasteiger partial charge in [0.15, 0.2) is 11.5 Å². The Hall–Kier alpha value is -2.72. The summed E-state index contributed by atoms with van der Waals surface area (Å²) < 4.78 is 64.5. The predicted octanol–water partition coefficient (Wildman–Crippen LogP) is 3.02. The molecule has 0 aromatic heterocycles. The number of nitrogens with zero attached hydrogens (tertiary/aromatic N) is 1. The molecule has 0 aliphatic carbocycles. The Labute approximate surface area is 173 Å². The number of nitrogens with one attached hydrogen (secondary N) is 1. The number of hydrogen-bond acceptors (Lipinski definition) is 5. The second kappa shape index (κ2) is 8.97. The second-order valence-electron chi connectivity index (χ2n) is 6.83. The van der Waals surface area contributed by atoms with Gasteiger partial charge in [0.1, 0.15) is 11.6 Å². The van der Waals surface area contributed by atoms with Gasteiger partial charge in [-0.2, -0.15) is 4.31 Å². The lowest BCUT2D eigenvalue weighted by Gasteiger charge is -2.31. The maximum Gasteiger partial charge on any atom is 0.243 e. The second-order valence-corrected chi connectivity index (χ2v) is 8.77. The van der Waals surface area contributed by atoms with Crippen LogP contribution in [0.5, 0.6) is 11.5 Å². The third-order valence-corrected chi connectivity index (χ3v) is 6.80. The lowest BCUT2D eigenvalue weighted by atomic mass is 9.98. The molecule has 0 radical (unpaired) electrons. The first-order valence-corrected chi connectivity index (χ1v) is 10.7. The molecule has 30 heavy (non-hydrogen) atoms. The Morgan fingerprint density at radius 3 is 2.50 bits per heavy atom. The van der Waals surface area contributed by atoms with Crippen LogP contribution in [0, 0.1) is 17.6 Å². The maximum atomic E-state index is 13.8. The summed E-state index contributed by atoms with van der Waals surface area (Å²) in [7, 11) is -1.02. The highest BCUT2D eigenvalue weighted by atomic mass is 32.2. The number of sulfonamides is 1. The molecule has 162 valence electrons. The first-order chi connectivity index (χ1) is 14.3. The van der Waals surface area contributed by atoms with E-state index in [4.69, 9.17) is 9.47 Å². The van der Waals surface area contributed by atoms with Crippen LogP contribution in [0.15, 0.2) is 41.3 Å². The molecule has 2 aromatic carbocycles. The zero-order chi connectivity index (χ0) is 21.9. The Bertz CT molecular complexity index is 1050. The molecule has 1 atom stereocenters. The van der Waals surface area contributed by atoms with E-state index in [1.807, 2.05) is 0 Å². The number of rotatable bonds is 6. The van der Waals surface area contributed by atoms with E-state index >= 15 is 0 Å². The van der Waals surface area contributed by atoms with Gasteiger partial charge in [-0.15, -0.1) is 0 Å². The van der Waals surface area contributed by atoms with Gasteiger partial charge in [-0.1, -0.05) is 0 Å². The van der Waals surface area contributed by atoms with Crippen molar-refractivity contribution < 1.29 is 31.5 Å². The van der Waals surface area contributed by atoms with Crippen LogP contribution < -0.4 is 14.8 Å². The van der Waals surface area contributed by atoms with Crippen LogP contribution in [0.25, 0.3) is 0 Å². The van der Waals surface area contributed by atoms with E-state index in [0.717, 1.165) is 12.1 Å². The Morgan fingerprint density at radius 2 is 1.83 bits per heavy atom. The highest BCUT2D eigenvalue weighted by molar-refractivity contribution is 7.89. The number of methoxy groups -OCH3 is 2. The Balaban J connectivity index is 1.77. The van der Waals surface area contributed by atoms with E-state index in [0.29, 0.717) is 24.7 Å². The molecular weight excluding hydrogens is 418 g/mol. The van der Waals surface area contributed by atoms with Crippen molar-refractivity contribution in [1.29, 1.82) is 0 Å². The largest absolute Gasteiger partial charge is 0.493 e. The van der Waals surface area contributed by atoms with Crippen molar-refractivity contribution >= 4 is 21.6 Å². The smallest absolute Gasteiger partial charge is 0.243 e. The minimum absolute atomic E-state index is 0.0192. The fourth-order valence-electron chi connectivity index (χ4n) is 3.33. The summed E-state index contributed by atoms with van der Waals surface area (Å²) in [5, 5.41) is 2.41. The molecule has 1 aliphatic heterocycles. The van der Waals surface area contributed by atoms with E-state index < -0.39 is 33.5 Å². The third kappa shape index (κ3) is 4.54. The number of carbonyl (C=O) groups excluding carboxylic acids is 1. The van der Waals surface area contributed by atoms with Crippen LogP contribution in [0.3, 0.4) is 0 Å². The molecule has 0 bridgehead atoms. The van der Waals surface area contributed by atoms with Crippen molar-refractivity contribution in [2.75, 3.05) is 32.6 Å². The third-order valence-electron chi connectivity index (χ3n) is 4.94. The molecular formula is C20H22F2N2O5S. The summed E-state index contributed by atoms with van der Waals surface area (Å²) in [5.74, 6) is -2.17. The molecule has 1 N–H and O–H groups in total. The van der Waals surface area contributed by atoms with Gasteiger partial charge in [0.2, 0.25) is 15.9 Å². The first-order valence-electron chi connectivity index (χ1n) is 9.24. The zero-order valence-corrected chi connectivity index (χ0v) is 17.3. The highest BCUT2D eigenvalue weighted by Gasteiger charge is 2.34. The van der Waals surface area contributed by atoms with Crippen LogP contribution in [-0.2, 0) is 14.8 Å². The molecule has 10 heteroatoms. The maximum absolute atomic E-state index is 13.8. The fraction of sp³-hybridized carbons (Fsp3) is 0.350. The van der Waals surface area contributed by atoms with Gasteiger partial charge < -0.3 is 14.8 Å². The Kier molecular flexibility index (Phi) is 6.57. The van der Waals surface area contributed by atoms with Gasteiger partial charge in [-0.3, -0.25) is 4.79 Å². The monoisotopic (exact) mass is 440 g/mol. The number of carbonyl (C=O) groups is 1. The number of hydrogen-bond donors (Lipinski definition) is 1. The number of ether oxygens (including phenoxy) is 2. The van der Waals surface area contributed by atoms with Gasteiger partial charge in [-0.25, -0.2) is 17.2 Å². The average molecular weight is 440 g/mol. The molecule has 1 aliphatic rings. The van der Waals surface area contributed by atoms with E-state index in [2.05, 4.69) is 5.32 Å². The van der Waals surface area contributed by atoms with Gasteiger partial charge >= 0.3 is 0 Å². The molecule has 0 spiro atoms. The van der Waals surface area contributed by atoms with Gasteiger partial charge in [0, 0.05) is 25.2 Å². The van der Waals surface area contributed by atoms with E-state index in [-0.39, 0.29) is 29.4 Å². The summed E-state index contributed by atoms with van der Waals surface area (Å²) >= 11 is 0. The van der Waals surface area contributed by atoms with Crippen LogP contribution in [0.2, 0.25) is 0 Å². The van der Waals surface area contributed by atoms with Gasteiger partial charge in [-0.05, 0) is 37.1 Å². The molecule has 1 fully saturated rings. The van der Waals surface area contributed by atoms with Crippen LogP contribution in [0.4, 0.5) is 14.5 Å².